The number of fused-ring (bicyclic) bond motifs is 1. The molecule has 5 nitrogen and oxygen atoms in total. The Hall–Kier alpha value is -2.43. The molecule has 0 saturated heterocycles. The van der Waals surface area contributed by atoms with Crippen LogP contribution in [0.25, 0.3) is 11.3 Å². The summed E-state index contributed by atoms with van der Waals surface area (Å²) in [4.78, 5) is 19.8. The minimum absolute atomic E-state index is 0.0201. The molecule has 108 valence electrons. The molecule has 0 saturated carbocycles. The lowest BCUT2D eigenvalue weighted by molar-refractivity contribution is -0.121. The first kappa shape index (κ1) is 13.5. The summed E-state index contributed by atoms with van der Waals surface area (Å²) in [6, 6.07) is 6.03. The number of ether oxygens (including phenoxy) is 1. The van der Waals surface area contributed by atoms with Crippen molar-refractivity contribution >= 4 is 5.91 Å². The lowest BCUT2D eigenvalue weighted by atomic mass is 10.0. The van der Waals surface area contributed by atoms with Crippen LogP contribution in [0.5, 0.6) is 5.75 Å². The molecule has 0 spiro atoms. The lowest BCUT2D eigenvalue weighted by Crippen LogP contribution is -2.33. The molecule has 1 aliphatic heterocycles. The Kier molecular flexibility index (Phi) is 3.81. The van der Waals surface area contributed by atoms with Crippen molar-refractivity contribution in [2.75, 3.05) is 6.54 Å². The van der Waals surface area contributed by atoms with E-state index in [1.165, 1.54) is 0 Å². The van der Waals surface area contributed by atoms with Gasteiger partial charge in [0.15, 0.2) is 0 Å². The molecule has 0 aliphatic carbocycles. The fourth-order valence-electron chi connectivity index (χ4n) is 2.44. The van der Waals surface area contributed by atoms with E-state index in [9.17, 15) is 4.79 Å². The highest BCUT2D eigenvalue weighted by atomic mass is 16.5. The normalized spacial score (nSPS) is 16.1. The third kappa shape index (κ3) is 2.86. The molecule has 0 fully saturated rings. The van der Waals surface area contributed by atoms with Crippen LogP contribution < -0.4 is 10.1 Å². The molecule has 2 aromatic rings. The van der Waals surface area contributed by atoms with Crippen LogP contribution in [-0.4, -0.2) is 28.5 Å². The summed E-state index contributed by atoms with van der Waals surface area (Å²) < 4.78 is 6.00. The highest BCUT2D eigenvalue weighted by Gasteiger charge is 2.26. The zero-order valence-electron chi connectivity index (χ0n) is 11.9. The van der Waals surface area contributed by atoms with Gasteiger partial charge in [0.05, 0.1) is 18.4 Å². The molecule has 1 aromatic carbocycles. The predicted molar refractivity (Wildman–Crippen MR) is 78.9 cm³/mol. The quantitative estimate of drug-likeness (QED) is 0.931. The van der Waals surface area contributed by atoms with Gasteiger partial charge >= 0.3 is 0 Å². The van der Waals surface area contributed by atoms with Gasteiger partial charge in [-0.05, 0) is 11.6 Å². The first-order valence-corrected chi connectivity index (χ1v) is 7.09. The monoisotopic (exact) mass is 283 g/mol. The zero-order chi connectivity index (χ0) is 14.7. The third-order valence-corrected chi connectivity index (χ3v) is 3.52. The van der Waals surface area contributed by atoms with Gasteiger partial charge in [0.2, 0.25) is 5.91 Å². The molecule has 1 aliphatic rings. The molecule has 3 rings (SSSR count). The van der Waals surface area contributed by atoms with Crippen molar-refractivity contribution in [2.45, 2.75) is 25.9 Å². The van der Waals surface area contributed by atoms with E-state index in [2.05, 4.69) is 21.4 Å². The number of hydrogen-bond donors (Lipinski definition) is 1. The van der Waals surface area contributed by atoms with Crippen LogP contribution >= 0.6 is 0 Å². The molecular weight excluding hydrogens is 266 g/mol. The van der Waals surface area contributed by atoms with Crippen molar-refractivity contribution in [1.29, 1.82) is 0 Å². The van der Waals surface area contributed by atoms with Crippen molar-refractivity contribution in [3.05, 3.63) is 42.4 Å². The Bertz CT molecular complexity index is 643. The predicted octanol–water partition coefficient (Wildman–Crippen LogP) is 1.97. The van der Waals surface area contributed by atoms with Crippen LogP contribution in [0.4, 0.5) is 0 Å². The number of benzene rings is 1. The van der Waals surface area contributed by atoms with E-state index in [1.807, 2.05) is 19.1 Å². The summed E-state index contributed by atoms with van der Waals surface area (Å²) in [7, 11) is 0. The molecule has 1 atom stereocenters. The summed E-state index contributed by atoms with van der Waals surface area (Å²) in [5, 5.41) is 2.88. The molecular formula is C16H17N3O2. The van der Waals surface area contributed by atoms with E-state index in [4.69, 9.17) is 4.74 Å². The number of carbonyl (C=O) groups is 1. The van der Waals surface area contributed by atoms with Gasteiger partial charge in [-0.3, -0.25) is 14.8 Å². The molecule has 5 heteroatoms. The van der Waals surface area contributed by atoms with Gasteiger partial charge in [0.25, 0.3) is 0 Å². The number of para-hydroxylation sites is 1. The SMILES string of the molecule is CCC(=O)NCC1Cc2cccc(-c3cnccn3)c2O1. The molecule has 1 aromatic heterocycles. The maximum Gasteiger partial charge on any atom is 0.219 e. The number of nitrogens with zero attached hydrogens (tertiary/aromatic N) is 2. The van der Waals surface area contributed by atoms with Crippen LogP contribution in [0.2, 0.25) is 0 Å². The van der Waals surface area contributed by atoms with Gasteiger partial charge in [-0.25, -0.2) is 0 Å². The summed E-state index contributed by atoms with van der Waals surface area (Å²) >= 11 is 0. The molecule has 1 N–H and O–H groups in total. The third-order valence-electron chi connectivity index (χ3n) is 3.52. The van der Waals surface area contributed by atoms with Crippen molar-refractivity contribution in [3.63, 3.8) is 0 Å². The fourth-order valence-corrected chi connectivity index (χ4v) is 2.44. The van der Waals surface area contributed by atoms with Crippen LogP contribution in [0.3, 0.4) is 0 Å². The molecule has 0 bridgehead atoms. The molecule has 1 amide bonds. The summed E-state index contributed by atoms with van der Waals surface area (Å²) in [5.74, 6) is 0.900. The van der Waals surface area contributed by atoms with E-state index in [0.29, 0.717) is 13.0 Å². The minimum atomic E-state index is -0.0201. The van der Waals surface area contributed by atoms with E-state index < -0.39 is 0 Å². The second-order valence-electron chi connectivity index (χ2n) is 4.99. The van der Waals surface area contributed by atoms with E-state index in [-0.39, 0.29) is 12.0 Å². The Morgan fingerprint density at radius 2 is 2.33 bits per heavy atom. The van der Waals surface area contributed by atoms with Gasteiger partial charge in [0, 0.05) is 30.8 Å². The highest BCUT2D eigenvalue weighted by Crippen LogP contribution is 2.37. The van der Waals surface area contributed by atoms with Crippen LogP contribution in [-0.2, 0) is 11.2 Å². The maximum absolute atomic E-state index is 11.3. The van der Waals surface area contributed by atoms with Crippen LogP contribution in [0.15, 0.2) is 36.8 Å². The topological polar surface area (TPSA) is 64.1 Å². The van der Waals surface area contributed by atoms with Crippen molar-refractivity contribution in [2.24, 2.45) is 0 Å². The Labute approximate surface area is 123 Å². The number of carbonyl (C=O) groups excluding carboxylic acids is 1. The largest absolute Gasteiger partial charge is 0.487 e. The minimum Gasteiger partial charge on any atom is -0.487 e. The molecule has 1 unspecified atom stereocenters. The van der Waals surface area contributed by atoms with Gasteiger partial charge in [-0.1, -0.05) is 19.1 Å². The van der Waals surface area contributed by atoms with Crippen LogP contribution in [0, 0.1) is 0 Å². The van der Waals surface area contributed by atoms with E-state index >= 15 is 0 Å². The Balaban J connectivity index is 1.79. The van der Waals surface area contributed by atoms with Gasteiger partial charge in [-0.2, -0.15) is 0 Å². The van der Waals surface area contributed by atoms with E-state index in [1.54, 1.807) is 18.6 Å². The second kappa shape index (κ2) is 5.91. The first-order chi connectivity index (χ1) is 10.3. The highest BCUT2D eigenvalue weighted by molar-refractivity contribution is 5.75. The Morgan fingerprint density at radius 3 is 3.10 bits per heavy atom. The van der Waals surface area contributed by atoms with Crippen molar-refractivity contribution < 1.29 is 9.53 Å². The van der Waals surface area contributed by atoms with Gasteiger partial charge in [0.1, 0.15) is 11.9 Å². The number of rotatable bonds is 4. The fraction of sp³-hybridized carbons (Fsp3) is 0.312. The molecule has 21 heavy (non-hydrogen) atoms. The standard InChI is InChI=1S/C16H17N3O2/c1-2-15(20)19-9-12-8-11-4-3-5-13(16(11)21-12)14-10-17-6-7-18-14/h3-7,10,12H,2,8-9H2,1H3,(H,19,20). The molecule has 2 heterocycles. The van der Waals surface area contributed by atoms with Gasteiger partial charge < -0.3 is 10.1 Å². The number of nitrogens with one attached hydrogen (secondary N) is 1. The summed E-state index contributed by atoms with van der Waals surface area (Å²) in [5.41, 5.74) is 2.89. The van der Waals surface area contributed by atoms with Crippen molar-refractivity contribution in [3.8, 4) is 17.0 Å². The average molecular weight is 283 g/mol. The van der Waals surface area contributed by atoms with E-state index in [0.717, 1.165) is 29.0 Å². The first-order valence-electron chi connectivity index (χ1n) is 7.09. The van der Waals surface area contributed by atoms with Gasteiger partial charge in [-0.15, -0.1) is 0 Å². The number of aromatic nitrogens is 2. The Morgan fingerprint density at radius 1 is 1.43 bits per heavy atom. The van der Waals surface area contributed by atoms with Crippen LogP contribution in [0.1, 0.15) is 18.9 Å². The number of amides is 1. The second-order valence-corrected chi connectivity index (χ2v) is 4.99. The average Bonchev–Trinajstić information content (AvgIpc) is 2.96. The lowest BCUT2D eigenvalue weighted by Gasteiger charge is -2.12. The van der Waals surface area contributed by atoms with Crippen molar-refractivity contribution in [1.82, 2.24) is 15.3 Å². The zero-order valence-corrected chi connectivity index (χ0v) is 11.9. The summed E-state index contributed by atoms with van der Waals surface area (Å²) in [6.07, 6.45) is 6.32. The maximum atomic E-state index is 11.3. The number of hydrogen-bond acceptors (Lipinski definition) is 4. The molecule has 0 radical (unpaired) electrons. The smallest absolute Gasteiger partial charge is 0.219 e. The summed E-state index contributed by atoms with van der Waals surface area (Å²) in [6.45, 7) is 2.37.